The van der Waals surface area contributed by atoms with E-state index in [4.69, 9.17) is 4.55 Å². The number of nitrogens with one attached hydrogen (secondary N) is 1. The molecule has 0 aliphatic heterocycles. The maximum atomic E-state index is 10.3. The predicted octanol–water partition coefficient (Wildman–Crippen LogP) is -0.205. The molecule has 0 radical (unpaired) electrons. The van der Waals surface area contributed by atoms with Crippen LogP contribution >= 0.6 is 0 Å². The van der Waals surface area contributed by atoms with Gasteiger partial charge < -0.3 is 0 Å². The van der Waals surface area contributed by atoms with Crippen LogP contribution in [0.2, 0.25) is 0 Å². The first-order chi connectivity index (χ1) is 5.08. The monoisotopic (exact) mass is 205 g/mol. The second-order valence-electron chi connectivity index (χ2n) is 2.93. The first-order valence-corrected chi connectivity index (χ1v) is 5.27. The molecule has 1 fully saturated rings. The molecule has 0 bridgehead atoms. The highest BCUT2D eigenvalue weighted by molar-refractivity contribution is 7.83. The Hall–Kier alpha value is 0.636. The van der Waals surface area contributed by atoms with Gasteiger partial charge in [0.1, 0.15) is 0 Å². The van der Waals surface area contributed by atoms with Gasteiger partial charge in [0.2, 0.25) is 0 Å². The molecule has 6 heteroatoms. The molecular weight excluding hydrogens is 190 g/mol. The van der Waals surface area contributed by atoms with E-state index in [0.29, 0.717) is 0 Å². The van der Waals surface area contributed by atoms with Crippen LogP contribution < -0.4 is 4.72 Å². The molecule has 0 amide bonds. The first-order valence-electron chi connectivity index (χ1n) is 3.83. The van der Waals surface area contributed by atoms with E-state index in [-0.39, 0.29) is 29.1 Å². The maximum Gasteiger partial charge on any atom is 0.333 e. The topological polar surface area (TPSA) is 66.4 Å². The lowest BCUT2D eigenvalue weighted by Gasteiger charge is -2.20. The van der Waals surface area contributed by atoms with E-state index in [1.165, 1.54) is 6.42 Å². The summed E-state index contributed by atoms with van der Waals surface area (Å²) in [5.74, 6) is 0. The Labute approximate surface area is 89.1 Å². The molecule has 0 spiro atoms. The quantitative estimate of drug-likeness (QED) is 0.485. The van der Waals surface area contributed by atoms with Gasteiger partial charge in [-0.25, -0.2) is 0 Å². The lowest BCUT2D eigenvalue weighted by atomic mass is 9.96. The molecule has 0 saturated heterocycles. The van der Waals surface area contributed by atoms with Gasteiger partial charge in [-0.05, 0) is 12.8 Å². The van der Waals surface area contributed by atoms with Crippen molar-refractivity contribution in [2.75, 3.05) is 0 Å². The second-order valence-corrected chi connectivity index (χ2v) is 4.11. The van der Waals surface area contributed by atoms with Gasteiger partial charge in [0.25, 0.3) is 0 Å². The highest BCUT2D eigenvalue weighted by Gasteiger charge is 2.17. The summed E-state index contributed by atoms with van der Waals surface area (Å²) in [5.41, 5.74) is 0. The van der Waals surface area contributed by atoms with Crippen LogP contribution in [0.4, 0.5) is 0 Å². The summed E-state index contributed by atoms with van der Waals surface area (Å²) >= 11 is 0. The Balaban J connectivity index is 0.00000121. The molecule has 4 nitrogen and oxygen atoms in total. The van der Waals surface area contributed by atoms with Crippen molar-refractivity contribution in [2.24, 2.45) is 0 Å². The molecule has 0 heterocycles. The van der Waals surface area contributed by atoms with Crippen LogP contribution in [0.3, 0.4) is 0 Å². The van der Waals surface area contributed by atoms with Crippen molar-refractivity contribution in [3.8, 4) is 0 Å². The van der Waals surface area contributed by atoms with Gasteiger partial charge >= 0.3 is 33.4 Å². The lowest BCUT2D eigenvalue weighted by molar-refractivity contribution is 0.389. The van der Waals surface area contributed by atoms with Gasteiger partial charge in [-0.3, -0.25) is 4.55 Å². The van der Waals surface area contributed by atoms with Crippen molar-refractivity contribution in [1.82, 2.24) is 4.72 Å². The van der Waals surface area contributed by atoms with Crippen LogP contribution in [0.5, 0.6) is 0 Å². The maximum absolute atomic E-state index is 10.3. The van der Waals surface area contributed by atoms with Gasteiger partial charge in [0, 0.05) is 6.04 Å². The molecule has 1 saturated carbocycles. The fourth-order valence-electron chi connectivity index (χ4n) is 1.43. The summed E-state index contributed by atoms with van der Waals surface area (Å²) in [6.07, 6.45) is 4.96. The molecule has 0 unspecified atom stereocenters. The van der Waals surface area contributed by atoms with Crippen molar-refractivity contribution in [3.05, 3.63) is 0 Å². The summed E-state index contributed by atoms with van der Waals surface area (Å²) in [4.78, 5) is 0. The summed E-state index contributed by atoms with van der Waals surface area (Å²) in [5, 5.41) is 0. The smallest absolute Gasteiger partial charge is 0.273 e. The summed E-state index contributed by atoms with van der Waals surface area (Å²) in [6, 6.07) is -0.0428. The number of hydrogen-bond acceptors (Lipinski definition) is 2. The van der Waals surface area contributed by atoms with Gasteiger partial charge in [0.05, 0.1) is 0 Å². The average Bonchev–Trinajstić information content (AvgIpc) is 1.85. The van der Waals surface area contributed by atoms with Crippen LogP contribution in [0.25, 0.3) is 0 Å². The van der Waals surface area contributed by atoms with Crippen LogP contribution in [-0.2, 0) is 10.3 Å². The van der Waals surface area contributed by atoms with Gasteiger partial charge in [-0.2, -0.15) is 13.1 Å². The fraction of sp³-hybridized carbons (Fsp3) is 1.00. The lowest BCUT2D eigenvalue weighted by Crippen LogP contribution is -2.35. The van der Waals surface area contributed by atoms with Crippen molar-refractivity contribution in [2.45, 2.75) is 38.1 Å². The Morgan fingerprint density at radius 2 is 1.67 bits per heavy atom. The highest BCUT2D eigenvalue weighted by Crippen LogP contribution is 2.17. The van der Waals surface area contributed by atoms with E-state index in [1.54, 1.807) is 0 Å². The van der Waals surface area contributed by atoms with Crippen LogP contribution in [0.15, 0.2) is 0 Å². The number of hydrogen-bond donors (Lipinski definition) is 2. The molecule has 0 aromatic rings. The predicted molar refractivity (Wildman–Crippen MR) is 50.1 cm³/mol. The molecular formula is C6H15MgNO3S. The minimum absolute atomic E-state index is 0. The third-order valence-corrected chi connectivity index (χ3v) is 2.55. The molecule has 0 atom stereocenters. The summed E-state index contributed by atoms with van der Waals surface area (Å²) < 4.78 is 31.3. The van der Waals surface area contributed by atoms with Gasteiger partial charge in [-0.1, -0.05) is 19.3 Å². The minimum atomic E-state index is -3.97. The van der Waals surface area contributed by atoms with Crippen molar-refractivity contribution >= 4 is 33.4 Å². The zero-order valence-corrected chi connectivity index (χ0v) is 7.10. The average molecular weight is 206 g/mol. The third kappa shape index (κ3) is 5.31. The Kier molecular flexibility index (Phi) is 5.67. The highest BCUT2D eigenvalue weighted by atomic mass is 32.2. The van der Waals surface area contributed by atoms with E-state index in [1.807, 2.05) is 0 Å². The zero-order valence-electron chi connectivity index (χ0n) is 6.28. The molecule has 1 aliphatic rings. The molecule has 70 valence electrons. The first kappa shape index (κ1) is 12.6. The molecule has 1 aliphatic carbocycles. The zero-order chi connectivity index (χ0) is 8.32. The van der Waals surface area contributed by atoms with Crippen LogP contribution in [0, 0.1) is 0 Å². The standard InChI is InChI=1S/C6H13NO3S.Mg.2H/c8-11(9,10)7-6-4-2-1-3-5-6;;;/h6-7H,1-5H2,(H,8,9,10);;;. The molecule has 0 aromatic heterocycles. The summed E-state index contributed by atoms with van der Waals surface area (Å²) in [7, 11) is -3.97. The normalized spacial score (nSPS) is 20.1. The second kappa shape index (κ2) is 5.38. The SMILES string of the molecule is O=S(=O)(O)NC1CCCCC1.[MgH2]. The van der Waals surface area contributed by atoms with Crippen molar-refractivity contribution < 1.29 is 13.0 Å². The molecule has 2 N–H and O–H groups in total. The van der Waals surface area contributed by atoms with Crippen molar-refractivity contribution in [1.29, 1.82) is 0 Å². The fourth-order valence-corrected chi connectivity index (χ4v) is 2.09. The van der Waals surface area contributed by atoms with Gasteiger partial charge in [0.15, 0.2) is 0 Å². The van der Waals surface area contributed by atoms with E-state index >= 15 is 0 Å². The van der Waals surface area contributed by atoms with E-state index < -0.39 is 10.3 Å². The largest absolute Gasteiger partial charge is 0.333 e. The Morgan fingerprint density at radius 3 is 2.08 bits per heavy atom. The molecule has 0 aromatic carbocycles. The molecule has 12 heavy (non-hydrogen) atoms. The van der Waals surface area contributed by atoms with Crippen molar-refractivity contribution in [3.63, 3.8) is 0 Å². The Bertz CT molecular complexity index is 211. The third-order valence-electron chi connectivity index (χ3n) is 1.92. The number of rotatable bonds is 2. The van der Waals surface area contributed by atoms with Crippen LogP contribution in [-0.4, -0.2) is 42.1 Å². The summed E-state index contributed by atoms with van der Waals surface area (Å²) in [6.45, 7) is 0. The van der Waals surface area contributed by atoms with E-state index in [2.05, 4.69) is 4.72 Å². The Morgan fingerprint density at radius 1 is 1.17 bits per heavy atom. The molecule has 1 rings (SSSR count). The van der Waals surface area contributed by atoms with Gasteiger partial charge in [-0.15, -0.1) is 0 Å². The minimum Gasteiger partial charge on any atom is -0.273 e. The van der Waals surface area contributed by atoms with Crippen LogP contribution in [0.1, 0.15) is 32.1 Å². The van der Waals surface area contributed by atoms with E-state index in [0.717, 1.165) is 25.7 Å². The van der Waals surface area contributed by atoms with E-state index in [9.17, 15) is 8.42 Å².